The zero-order chi connectivity index (χ0) is 20.4. The molecule has 1 aliphatic rings. The minimum absolute atomic E-state index is 0.00317. The van der Waals surface area contributed by atoms with Gasteiger partial charge in [0.25, 0.3) is 5.91 Å². The summed E-state index contributed by atoms with van der Waals surface area (Å²) in [6.45, 7) is 0.0788. The Kier molecular flexibility index (Phi) is 5.18. The summed E-state index contributed by atoms with van der Waals surface area (Å²) in [4.78, 5) is 12.4. The maximum atomic E-state index is 12.6. The fourth-order valence-corrected chi connectivity index (χ4v) is 4.20. The van der Waals surface area contributed by atoms with Crippen LogP contribution in [0.4, 0.5) is 5.69 Å². The zero-order valence-electron chi connectivity index (χ0n) is 14.8. The second kappa shape index (κ2) is 7.78. The standard InChI is InChI=1S/C19H15ClN2O6S/c20-15-5-3-12(8-18(15)29(24,25)21-10-14-2-1-7-26-14)19(23)22-13-4-6-16-17(9-13)28-11-27-16/h1-9,21H,10-11H2,(H,22,23). The highest BCUT2D eigenvalue weighted by atomic mass is 35.5. The highest BCUT2D eigenvalue weighted by Gasteiger charge is 2.21. The average molecular weight is 435 g/mol. The summed E-state index contributed by atoms with van der Waals surface area (Å²) in [5.41, 5.74) is 0.611. The van der Waals surface area contributed by atoms with Crippen molar-refractivity contribution in [2.75, 3.05) is 12.1 Å². The molecule has 0 spiro atoms. The number of hydrogen-bond acceptors (Lipinski definition) is 6. The lowest BCUT2D eigenvalue weighted by Gasteiger charge is -2.10. The van der Waals surface area contributed by atoms with E-state index in [2.05, 4.69) is 10.0 Å². The molecule has 8 nitrogen and oxygen atoms in total. The molecule has 0 saturated heterocycles. The third-order valence-corrected chi connectivity index (χ3v) is 6.01. The number of nitrogens with one attached hydrogen (secondary N) is 2. The van der Waals surface area contributed by atoms with Gasteiger partial charge in [-0.1, -0.05) is 11.6 Å². The molecule has 3 aromatic rings. The lowest BCUT2D eigenvalue weighted by atomic mass is 10.2. The summed E-state index contributed by atoms with van der Waals surface area (Å²) in [6, 6.07) is 12.3. The van der Waals surface area contributed by atoms with Gasteiger partial charge in [0.1, 0.15) is 10.7 Å². The van der Waals surface area contributed by atoms with Gasteiger partial charge in [0.05, 0.1) is 17.8 Å². The first-order valence-corrected chi connectivity index (χ1v) is 10.3. The molecular weight excluding hydrogens is 420 g/mol. The molecular formula is C19H15ClN2O6S. The summed E-state index contributed by atoms with van der Waals surface area (Å²) in [5, 5.41) is 2.69. The minimum Gasteiger partial charge on any atom is -0.468 e. The number of hydrogen-bond donors (Lipinski definition) is 2. The number of carbonyl (C=O) groups is 1. The molecule has 0 saturated carbocycles. The summed E-state index contributed by atoms with van der Waals surface area (Å²) in [5.74, 6) is 1.05. The normalized spacial score (nSPS) is 12.7. The molecule has 2 aromatic carbocycles. The van der Waals surface area contributed by atoms with Crippen LogP contribution in [0.1, 0.15) is 16.1 Å². The number of halogens is 1. The molecule has 10 heteroatoms. The van der Waals surface area contributed by atoms with Crippen molar-refractivity contribution in [3.8, 4) is 11.5 Å². The maximum absolute atomic E-state index is 12.6. The number of anilines is 1. The number of furan rings is 1. The number of fused-ring (bicyclic) bond motifs is 1. The van der Waals surface area contributed by atoms with Crippen LogP contribution in [0.2, 0.25) is 5.02 Å². The average Bonchev–Trinajstić information content (AvgIpc) is 3.38. The van der Waals surface area contributed by atoms with E-state index in [4.69, 9.17) is 25.5 Å². The van der Waals surface area contributed by atoms with E-state index < -0.39 is 15.9 Å². The van der Waals surface area contributed by atoms with Crippen LogP contribution in [0.3, 0.4) is 0 Å². The van der Waals surface area contributed by atoms with E-state index in [1.165, 1.54) is 24.5 Å². The van der Waals surface area contributed by atoms with Crippen molar-refractivity contribution < 1.29 is 27.1 Å². The predicted molar refractivity (Wildman–Crippen MR) is 105 cm³/mol. The Morgan fingerprint density at radius 3 is 2.69 bits per heavy atom. The topological polar surface area (TPSA) is 107 Å². The molecule has 0 fully saturated rings. The Morgan fingerprint density at radius 1 is 1.07 bits per heavy atom. The Hall–Kier alpha value is -3.01. The van der Waals surface area contributed by atoms with E-state index >= 15 is 0 Å². The molecule has 0 unspecified atom stereocenters. The molecule has 150 valence electrons. The molecule has 1 aromatic heterocycles. The summed E-state index contributed by atoms with van der Waals surface area (Å²) >= 11 is 6.07. The van der Waals surface area contributed by atoms with Crippen molar-refractivity contribution in [1.29, 1.82) is 0 Å². The van der Waals surface area contributed by atoms with E-state index in [0.717, 1.165) is 0 Å². The van der Waals surface area contributed by atoms with Gasteiger partial charge in [0.15, 0.2) is 11.5 Å². The van der Waals surface area contributed by atoms with Gasteiger partial charge in [-0.25, -0.2) is 13.1 Å². The fraction of sp³-hybridized carbons (Fsp3) is 0.105. The SMILES string of the molecule is O=C(Nc1ccc2c(c1)OCO2)c1ccc(Cl)c(S(=O)(=O)NCc2ccco2)c1. The van der Waals surface area contributed by atoms with Gasteiger partial charge in [0, 0.05) is 17.3 Å². The van der Waals surface area contributed by atoms with Gasteiger partial charge >= 0.3 is 0 Å². The van der Waals surface area contributed by atoms with Crippen LogP contribution in [0.5, 0.6) is 11.5 Å². The quantitative estimate of drug-likeness (QED) is 0.615. The van der Waals surface area contributed by atoms with Crippen LogP contribution in [0.25, 0.3) is 0 Å². The number of sulfonamides is 1. The smallest absolute Gasteiger partial charge is 0.255 e. The van der Waals surface area contributed by atoms with E-state index in [1.807, 2.05) is 0 Å². The fourth-order valence-electron chi connectivity index (χ4n) is 2.69. The van der Waals surface area contributed by atoms with Crippen molar-refractivity contribution in [2.45, 2.75) is 11.4 Å². The maximum Gasteiger partial charge on any atom is 0.255 e. The van der Waals surface area contributed by atoms with Gasteiger partial charge in [-0.15, -0.1) is 0 Å². The van der Waals surface area contributed by atoms with Crippen molar-refractivity contribution >= 4 is 33.2 Å². The first-order valence-electron chi connectivity index (χ1n) is 8.45. The molecule has 0 atom stereocenters. The second-order valence-corrected chi connectivity index (χ2v) is 8.21. The van der Waals surface area contributed by atoms with Gasteiger partial charge in [-0.05, 0) is 42.5 Å². The largest absolute Gasteiger partial charge is 0.468 e. The lowest BCUT2D eigenvalue weighted by molar-refractivity contribution is 0.102. The molecule has 2 N–H and O–H groups in total. The van der Waals surface area contributed by atoms with E-state index in [-0.39, 0.29) is 28.8 Å². The van der Waals surface area contributed by atoms with E-state index in [9.17, 15) is 13.2 Å². The van der Waals surface area contributed by atoms with Gasteiger partial charge in [-0.3, -0.25) is 4.79 Å². The predicted octanol–water partition coefficient (Wildman–Crippen LogP) is 3.39. The molecule has 1 amide bonds. The van der Waals surface area contributed by atoms with Crippen molar-refractivity contribution in [2.24, 2.45) is 0 Å². The molecule has 4 rings (SSSR count). The third-order valence-electron chi connectivity index (χ3n) is 4.13. The van der Waals surface area contributed by atoms with E-state index in [1.54, 1.807) is 30.3 Å². The minimum atomic E-state index is -3.96. The van der Waals surface area contributed by atoms with Crippen LogP contribution in [0.15, 0.2) is 64.1 Å². The van der Waals surface area contributed by atoms with Crippen molar-refractivity contribution in [1.82, 2.24) is 4.72 Å². The summed E-state index contributed by atoms with van der Waals surface area (Å²) in [7, 11) is -3.96. The lowest BCUT2D eigenvalue weighted by Crippen LogP contribution is -2.24. The number of rotatable bonds is 6. The molecule has 0 aliphatic carbocycles. The number of amides is 1. The third kappa shape index (κ3) is 4.21. The highest BCUT2D eigenvalue weighted by Crippen LogP contribution is 2.34. The number of benzene rings is 2. The molecule has 0 bridgehead atoms. The Balaban J connectivity index is 1.53. The van der Waals surface area contributed by atoms with Crippen LogP contribution in [0, 0.1) is 0 Å². The van der Waals surface area contributed by atoms with Gasteiger partial charge in [0.2, 0.25) is 16.8 Å². The van der Waals surface area contributed by atoms with Crippen LogP contribution < -0.4 is 19.5 Å². The monoisotopic (exact) mass is 434 g/mol. The van der Waals surface area contributed by atoms with Crippen molar-refractivity contribution in [3.05, 3.63) is 71.1 Å². The van der Waals surface area contributed by atoms with Crippen molar-refractivity contribution in [3.63, 3.8) is 0 Å². The van der Waals surface area contributed by atoms with Gasteiger partial charge < -0.3 is 19.2 Å². The highest BCUT2D eigenvalue weighted by molar-refractivity contribution is 7.89. The Labute approximate surface area is 171 Å². The Bertz CT molecular complexity index is 1160. The van der Waals surface area contributed by atoms with Crippen LogP contribution in [-0.4, -0.2) is 21.1 Å². The number of carbonyl (C=O) groups excluding carboxylic acids is 1. The van der Waals surface area contributed by atoms with Crippen LogP contribution >= 0.6 is 11.6 Å². The summed E-state index contributed by atoms with van der Waals surface area (Å²) in [6.07, 6.45) is 1.44. The van der Waals surface area contributed by atoms with Crippen LogP contribution in [-0.2, 0) is 16.6 Å². The molecule has 2 heterocycles. The second-order valence-electron chi connectivity index (χ2n) is 6.07. The van der Waals surface area contributed by atoms with Gasteiger partial charge in [-0.2, -0.15) is 0 Å². The zero-order valence-corrected chi connectivity index (χ0v) is 16.4. The first kappa shape index (κ1) is 19.3. The molecule has 0 radical (unpaired) electrons. The summed E-state index contributed by atoms with van der Waals surface area (Å²) < 4.78 is 43.2. The first-order chi connectivity index (χ1) is 13.9. The molecule has 29 heavy (non-hydrogen) atoms. The Morgan fingerprint density at radius 2 is 1.90 bits per heavy atom. The molecule has 1 aliphatic heterocycles. The number of ether oxygens (including phenoxy) is 2. The van der Waals surface area contributed by atoms with E-state index in [0.29, 0.717) is 22.9 Å².